The van der Waals surface area contributed by atoms with Crippen LogP contribution in [0.2, 0.25) is 0 Å². The van der Waals surface area contributed by atoms with Gasteiger partial charge in [-0.2, -0.15) is 0 Å². The monoisotopic (exact) mass is 409 g/mol. The van der Waals surface area contributed by atoms with Gasteiger partial charge in [-0.3, -0.25) is 4.79 Å². The van der Waals surface area contributed by atoms with Crippen molar-refractivity contribution in [3.8, 4) is 11.5 Å². The number of likely N-dealkylation sites (tertiary alicyclic amines) is 1. The van der Waals surface area contributed by atoms with Crippen molar-refractivity contribution in [2.45, 2.75) is 27.2 Å². The fourth-order valence-electron chi connectivity index (χ4n) is 4.47. The summed E-state index contributed by atoms with van der Waals surface area (Å²) < 4.78 is 16.7. The molecule has 2 heterocycles. The maximum atomic E-state index is 12.6. The molecular formula is C24H27NO5. The molecule has 3 aromatic rings. The van der Waals surface area contributed by atoms with E-state index >= 15 is 0 Å². The lowest BCUT2D eigenvalue weighted by Crippen LogP contribution is -2.44. The van der Waals surface area contributed by atoms with Crippen molar-refractivity contribution in [2.24, 2.45) is 11.8 Å². The molecule has 30 heavy (non-hydrogen) atoms. The highest BCUT2D eigenvalue weighted by Crippen LogP contribution is 2.32. The molecule has 0 N–H and O–H groups in total. The highest BCUT2D eigenvalue weighted by Gasteiger charge is 2.25. The van der Waals surface area contributed by atoms with E-state index in [0.717, 1.165) is 30.3 Å². The minimum absolute atomic E-state index is 0.0139. The van der Waals surface area contributed by atoms with Crippen molar-refractivity contribution in [1.82, 2.24) is 4.90 Å². The van der Waals surface area contributed by atoms with E-state index in [-0.39, 0.29) is 12.5 Å². The van der Waals surface area contributed by atoms with Gasteiger partial charge in [-0.05, 0) is 55.5 Å². The third-order valence-corrected chi connectivity index (χ3v) is 5.86. The van der Waals surface area contributed by atoms with Crippen molar-refractivity contribution in [3.05, 3.63) is 46.3 Å². The zero-order chi connectivity index (χ0) is 21.4. The number of methoxy groups -OCH3 is 1. The quantitative estimate of drug-likeness (QED) is 0.478. The third-order valence-electron chi connectivity index (χ3n) is 5.86. The van der Waals surface area contributed by atoms with Crippen LogP contribution in [-0.4, -0.2) is 37.6 Å². The number of rotatable bonds is 4. The molecule has 0 aliphatic carbocycles. The van der Waals surface area contributed by atoms with Crippen LogP contribution in [0.3, 0.4) is 0 Å². The Morgan fingerprint density at radius 1 is 1.10 bits per heavy atom. The number of hydrogen-bond acceptors (Lipinski definition) is 5. The molecule has 4 rings (SSSR count). The summed E-state index contributed by atoms with van der Waals surface area (Å²) in [6.45, 7) is 7.70. The molecule has 158 valence electrons. The minimum Gasteiger partial charge on any atom is -0.497 e. The van der Waals surface area contributed by atoms with Crippen LogP contribution in [-0.2, 0) is 4.79 Å². The van der Waals surface area contributed by atoms with Gasteiger partial charge in [0.15, 0.2) is 6.61 Å². The summed E-state index contributed by atoms with van der Waals surface area (Å²) in [5.41, 5.74) is 0.752. The second-order valence-corrected chi connectivity index (χ2v) is 8.40. The summed E-state index contributed by atoms with van der Waals surface area (Å²) in [7, 11) is 1.56. The Kier molecular flexibility index (Phi) is 5.41. The van der Waals surface area contributed by atoms with Gasteiger partial charge in [-0.25, -0.2) is 4.79 Å². The number of nitrogens with zero attached hydrogens (tertiary/aromatic N) is 1. The minimum atomic E-state index is -0.427. The fourth-order valence-corrected chi connectivity index (χ4v) is 4.47. The van der Waals surface area contributed by atoms with E-state index in [0.29, 0.717) is 39.9 Å². The molecule has 0 saturated carbocycles. The van der Waals surface area contributed by atoms with Crippen LogP contribution in [0.4, 0.5) is 0 Å². The second-order valence-electron chi connectivity index (χ2n) is 8.40. The molecule has 1 amide bonds. The van der Waals surface area contributed by atoms with E-state index in [1.165, 1.54) is 0 Å². The lowest BCUT2D eigenvalue weighted by atomic mass is 9.92. The zero-order valence-electron chi connectivity index (χ0n) is 17.9. The number of fused-ring (bicyclic) bond motifs is 3. The Balaban J connectivity index is 1.61. The van der Waals surface area contributed by atoms with Gasteiger partial charge >= 0.3 is 5.63 Å². The smallest absolute Gasteiger partial charge is 0.344 e. The SMILES string of the molecule is COc1ccc2c(c1)c(=O)oc1c(C)c(OCC(=O)N3CC(C)CC(C)C3)ccc12. The van der Waals surface area contributed by atoms with Crippen LogP contribution in [0.15, 0.2) is 39.5 Å². The maximum Gasteiger partial charge on any atom is 0.344 e. The fraction of sp³-hybridized carbons (Fsp3) is 0.417. The van der Waals surface area contributed by atoms with Gasteiger partial charge in [-0.1, -0.05) is 13.8 Å². The molecule has 1 saturated heterocycles. The van der Waals surface area contributed by atoms with E-state index in [1.807, 2.05) is 36.1 Å². The number of amides is 1. The zero-order valence-corrected chi connectivity index (χ0v) is 17.9. The van der Waals surface area contributed by atoms with Crippen molar-refractivity contribution < 1.29 is 18.7 Å². The van der Waals surface area contributed by atoms with E-state index in [1.54, 1.807) is 13.2 Å². The van der Waals surface area contributed by atoms with Gasteiger partial charge in [0.1, 0.15) is 17.1 Å². The van der Waals surface area contributed by atoms with Crippen LogP contribution in [0.1, 0.15) is 25.8 Å². The van der Waals surface area contributed by atoms with Crippen molar-refractivity contribution in [3.63, 3.8) is 0 Å². The molecule has 2 aromatic carbocycles. The van der Waals surface area contributed by atoms with Gasteiger partial charge in [0.25, 0.3) is 5.91 Å². The Morgan fingerprint density at radius 3 is 2.50 bits per heavy atom. The third kappa shape index (κ3) is 3.74. The van der Waals surface area contributed by atoms with E-state index in [9.17, 15) is 9.59 Å². The molecule has 1 aromatic heterocycles. The van der Waals surface area contributed by atoms with Crippen molar-refractivity contribution in [2.75, 3.05) is 26.8 Å². The Bertz CT molecular complexity index is 1160. The maximum absolute atomic E-state index is 12.6. The van der Waals surface area contributed by atoms with Gasteiger partial charge in [0.2, 0.25) is 0 Å². The summed E-state index contributed by atoms with van der Waals surface area (Å²) in [6, 6.07) is 9.05. The topological polar surface area (TPSA) is 69.0 Å². The van der Waals surface area contributed by atoms with E-state index in [4.69, 9.17) is 13.9 Å². The number of piperidine rings is 1. The Hall–Kier alpha value is -3.02. The molecule has 2 atom stereocenters. The van der Waals surface area contributed by atoms with Crippen LogP contribution >= 0.6 is 0 Å². The largest absolute Gasteiger partial charge is 0.497 e. The number of ether oxygens (including phenoxy) is 2. The van der Waals surface area contributed by atoms with Gasteiger partial charge < -0.3 is 18.8 Å². The van der Waals surface area contributed by atoms with Crippen LogP contribution < -0.4 is 15.1 Å². The number of hydrogen-bond donors (Lipinski definition) is 0. The summed E-state index contributed by atoms with van der Waals surface area (Å²) in [4.78, 5) is 27.1. The summed E-state index contributed by atoms with van der Waals surface area (Å²) in [5.74, 6) is 2.14. The highest BCUT2D eigenvalue weighted by atomic mass is 16.5. The first-order valence-electron chi connectivity index (χ1n) is 10.3. The highest BCUT2D eigenvalue weighted by molar-refractivity contribution is 6.06. The summed E-state index contributed by atoms with van der Waals surface area (Å²) >= 11 is 0. The van der Waals surface area contributed by atoms with Crippen LogP contribution in [0.25, 0.3) is 21.7 Å². The number of carbonyl (C=O) groups is 1. The number of carbonyl (C=O) groups excluding carboxylic acids is 1. The van der Waals surface area contributed by atoms with Crippen LogP contribution in [0.5, 0.6) is 11.5 Å². The van der Waals surface area contributed by atoms with Crippen molar-refractivity contribution >= 4 is 27.6 Å². The molecule has 1 aliphatic heterocycles. The molecule has 2 unspecified atom stereocenters. The molecule has 1 aliphatic rings. The van der Waals surface area contributed by atoms with Gasteiger partial charge in [0, 0.05) is 29.4 Å². The molecule has 1 fully saturated rings. The number of aryl methyl sites for hydroxylation is 1. The standard InChI is InChI=1S/C24H27NO5/c1-14-9-15(2)12-25(11-14)22(26)13-29-21-8-7-19-18-6-5-17(28-4)10-20(18)24(27)30-23(19)16(21)3/h5-8,10,14-15H,9,11-13H2,1-4H3. The van der Waals surface area contributed by atoms with Crippen LogP contribution in [0, 0.1) is 18.8 Å². The Morgan fingerprint density at radius 2 is 1.80 bits per heavy atom. The van der Waals surface area contributed by atoms with Gasteiger partial charge in [0.05, 0.1) is 12.5 Å². The lowest BCUT2D eigenvalue weighted by Gasteiger charge is -2.34. The molecule has 0 bridgehead atoms. The number of benzene rings is 2. The lowest BCUT2D eigenvalue weighted by molar-refractivity contribution is -0.136. The summed E-state index contributed by atoms with van der Waals surface area (Å²) in [5, 5.41) is 2.09. The Labute approximate surface area is 175 Å². The molecule has 0 spiro atoms. The normalized spacial score (nSPS) is 19.3. The predicted molar refractivity (Wildman–Crippen MR) is 116 cm³/mol. The summed E-state index contributed by atoms with van der Waals surface area (Å²) in [6.07, 6.45) is 1.15. The molecule has 0 radical (unpaired) electrons. The average molecular weight is 409 g/mol. The van der Waals surface area contributed by atoms with E-state index in [2.05, 4.69) is 13.8 Å². The van der Waals surface area contributed by atoms with Crippen molar-refractivity contribution in [1.29, 1.82) is 0 Å². The first kappa shape index (κ1) is 20.3. The second kappa shape index (κ2) is 8.01. The molecular weight excluding hydrogens is 382 g/mol. The van der Waals surface area contributed by atoms with Gasteiger partial charge in [-0.15, -0.1) is 0 Å². The molecule has 6 heteroatoms. The molecule has 6 nitrogen and oxygen atoms in total. The van der Waals surface area contributed by atoms with E-state index < -0.39 is 5.63 Å². The first-order valence-corrected chi connectivity index (χ1v) is 10.3. The predicted octanol–water partition coefficient (Wildman–Crippen LogP) is 4.15. The average Bonchev–Trinajstić information content (AvgIpc) is 2.72. The first-order chi connectivity index (χ1) is 14.4.